The Bertz CT molecular complexity index is 599. The van der Waals surface area contributed by atoms with Crippen LogP contribution in [0.5, 0.6) is 0 Å². The van der Waals surface area contributed by atoms with Crippen LogP contribution in [0.4, 0.5) is 4.39 Å². The van der Waals surface area contributed by atoms with Crippen molar-refractivity contribution >= 4 is 23.2 Å². The highest BCUT2D eigenvalue weighted by atomic mass is 35.5. The summed E-state index contributed by atoms with van der Waals surface area (Å²) in [6.45, 7) is 1.87. The fourth-order valence-electron chi connectivity index (χ4n) is 2.04. The molecule has 0 aliphatic heterocycles. The van der Waals surface area contributed by atoms with E-state index in [1.54, 1.807) is 12.1 Å². The highest BCUT2D eigenvalue weighted by Gasteiger charge is 2.14. The largest absolute Gasteiger partial charge is 0.324 e. The topological polar surface area (TPSA) is 26.0 Å². The highest BCUT2D eigenvalue weighted by molar-refractivity contribution is 6.42. The molecule has 2 aromatic carbocycles. The molecule has 2 N–H and O–H groups in total. The fourth-order valence-corrected chi connectivity index (χ4v) is 2.49. The molecule has 1 unspecified atom stereocenters. The van der Waals surface area contributed by atoms with E-state index in [1.807, 2.05) is 19.1 Å². The van der Waals surface area contributed by atoms with Gasteiger partial charge in [-0.25, -0.2) is 4.39 Å². The normalized spacial score (nSPS) is 12.5. The van der Waals surface area contributed by atoms with Crippen molar-refractivity contribution in [1.82, 2.24) is 0 Å². The van der Waals surface area contributed by atoms with Crippen molar-refractivity contribution < 1.29 is 4.39 Å². The smallest absolute Gasteiger partial charge is 0.123 e. The van der Waals surface area contributed by atoms with Gasteiger partial charge >= 0.3 is 0 Å². The molecule has 0 heterocycles. The van der Waals surface area contributed by atoms with Crippen LogP contribution in [0.15, 0.2) is 36.4 Å². The molecule has 0 bridgehead atoms. The summed E-state index contributed by atoms with van der Waals surface area (Å²) in [6.07, 6.45) is 0.589. The van der Waals surface area contributed by atoms with Crippen LogP contribution < -0.4 is 5.73 Å². The van der Waals surface area contributed by atoms with E-state index in [-0.39, 0.29) is 11.9 Å². The molecule has 0 saturated heterocycles. The van der Waals surface area contributed by atoms with Gasteiger partial charge in [-0.3, -0.25) is 0 Å². The first kappa shape index (κ1) is 14.3. The number of hydrogen-bond donors (Lipinski definition) is 1. The van der Waals surface area contributed by atoms with E-state index in [9.17, 15) is 4.39 Å². The van der Waals surface area contributed by atoms with Gasteiger partial charge in [-0.15, -0.1) is 0 Å². The molecule has 1 atom stereocenters. The Kier molecular flexibility index (Phi) is 4.46. The molecule has 0 fully saturated rings. The van der Waals surface area contributed by atoms with Crippen LogP contribution in [-0.4, -0.2) is 0 Å². The van der Waals surface area contributed by atoms with Crippen molar-refractivity contribution in [3.8, 4) is 0 Å². The second-order valence-electron chi connectivity index (χ2n) is 4.52. The SMILES string of the molecule is Cc1cc(F)ccc1CC(N)c1cccc(Cl)c1Cl. The molecule has 100 valence electrons. The van der Waals surface area contributed by atoms with Crippen LogP contribution in [0.2, 0.25) is 10.0 Å². The van der Waals surface area contributed by atoms with Crippen LogP contribution in [0, 0.1) is 12.7 Å². The van der Waals surface area contributed by atoms with Crippen molar-refractivity contribution in [3.05, 3.63) is 69.0 Å². The lowest BCUT2D eigenvalue weighted by atomic mass is 9.96. The van der Waals surface area contributed by atoms with Crippen molar-refractivity contribution in [3.63, 3.8) is 0 Å². The third-order valence-corrected chi connectivity index (χ3v) is 3.96. The van der Waals surface area contributed by atoms with Crippen LogP contribution in [-0.2, 0) is 6.42 Å². The van der Waals surface area contributed by atoms with Gasteiger partial charge < -0.3 is 5.73 Å². The summed E-state index contributed by atoms with van der Waals surface area (Å²) in [5, 5.41) is 0.974. The monoisotopic (exact) mass is 297 g/mol. The van der Waals surface area contributed by atoms with Crippen LogP contribution in [0.25, 0.3) is 0 Å². The maximum absolute atomic E-state index is 13.1. The second kappa shape index (κ2) is 5.91. The van der Waals surface area contributed by atoms with Crippen LogP contribution >= 0.6 is 23.2 Å². The molecular weight excluding hydrogens is 284 g/mol. The fraction of sp³-hybridized carbons (Fsp3) is 0.200. The van der Waals surface area contributed by atoms with E-state index >= 15 is 0 Å². The summed E-state index contributed by atoms with van der Waals surface area (Å²) < 4.78 is 13.1. The van der Waals surface area contributed by atoms with Gasteiger partial charge in [0, 0.05) is 6.04 Å². The second-order valence-corrected chi connectivity index (χ2v) is 5.31. The average Bonchev–Trinajstić information content (AvgIpc) is 2.36. The minimum absolute atomic E-state index is 0.240. The summed E-state index contributed by atoms with van der Waals surface area (Å²) in [5.74, 6) is -0.240. The van der Waals surface area contributed by atoms with E-state index < -0.39 is 0 Å². The number of rotatable bonds is 3. The van der Waals surface area contributed by atoms with E-state index in [2.05, 4.69) is 0 Å². The standard InChI is InChI=1S/C15H14Cl2FN/c1-9-7-11(18)6-5-10(9)8-14(19)12-3-2-4-13(16)15(12)17/h2-7,14H,8,19H2,1H3. The number of nitrogens with two attached hydrogens (primary N) is 1. The van der Waals surface area contributed by atoms with Gasteiger partial charge in [-0.1, -0.05) is 41.4 Å². The molecule has 0 amide bonds. The molecular formula is C15H14Cl2FN. The number of benzene rings is 2. The molecule has 2 rings (SSSR count). The summed E-state index contributed by atoms with van der Waals surface area (Å²) in [5.41, 5.74) is 8.86. The third-order valence-electron chi connectivity index (χ3n) is 3.13. The van der Waals surface area contributed by atoms with Gasteiger partial charge in [0.1, 0.15) is 5.82 Å². The first-order valence-corrected chi connectivity index (χ1v) is 6.69. The predicted octanol–water partition coefficient (Wildman–Crippen LogP) is 4.68. The quantitative estimate of drug-likeness (QED) is 0.874. The first-order valence-electron chi connectivity index (χ1n) is 5.93. The number of halogens is 3. The molecule has 0 aliphatic carbocycles. The minimum atomic E-state index is -0.268. The minimum Gasteiger partial charge on any atom is -0.324 e. The molecule has 4 heteroatoms. The molecule has 0 aliphatic rings. The molecule has 0 aromatic heterocycles. The molecule has 1 nitrogen and oxygen atoms in total. The van der Waals surface area contributed by atoms with E-state index in [1.165, 1.54) is 12.1 Å². The third kappa shape index (κ3) is 3.27. The maximum Gasteiger partial charge on any atom is 0.123 e. The maximum atomic E-state index is 13.1. The highest BCUT2D eigenvalue weighted by Crippen LogP contribution is 2.30. The summed E-state index contributed by atoms with van der Waals surface area (Å²) in [6, 6.07) is 9.83. The lowest BCUT2D eigenvalue weighted by Gasteiger charge is -2.16. The summed E-state index contributed by atoms with van der Waals surface area (Å²) >= 11 is 12.1. The van der Waals surface area contributed by atoms with Crippen LogP contribution in [0.3, 0.4) is 0 Å². The zero-order valence-corrected chi connectivity index (χ0v) is 12.0. The zero-order valence-electron chi connectivity index (χ0n) is 10.5. The van der Waals surface area contributed by atoms with Crippen molar-refractivity contribution in [2.24, 2.45) is 5.73 Å². The lowest BCUT2D eigenvalue weighted by Crippen LogP contribution is -2.14. The predicted molar refractivity (Wildman–Crippen MR) is 78.2 cm³/mol. The van der Waals surface area contributed by atoms with E-state index in [0.717, 1.165) is 16.7 Å². The average molecular weight is 298 g/mol. The lowest BCUT2D eigenvalue weighted by molar-refractivity contribution is 0.624. The van der Waals surface area contributed by atoms with Gasteiger partial charge in [0.05, 0.1) is 10.0 Å². The first-order chi connectivity index (χ1) is 8.99. The molecule has 0 saturated carbocycles. The van der Waals surface area contributed by atoms with Crippen LogP contribution in [0.1, 0.15) is 22.7 Å². The van der Waals surface area contributed by atoms with Crippen molar-refractivity contribution in [2.75, 3.05) is 0 Å². The van der Waals surface area contributed by atoms with E-state index in [4.69, 9.17) is 28.9 Å². The summed E-state index contributed by atoms with van der Waals surface area (Å²) in [7, 11) is 0. The zero-order chi connectivity index (χ0) is 14.0. The van der Waals surface area contributed by atoms with Crippen molar-refractivity contribution in [2.45, 2.75) is 19.4 Å². The molecule has 0 radical (unpaired) electrons. The van der Waals surface area contributed by atoms with E-state index in [0.29, 0.717) is 16.5 Å². The van der Waals surface area contributed by atoms with Crippen molar-refractivity contribution in [1.29, 1.82) is 0 Å². The molecule has 19 heavy (non-hydrogen) atoms. The Balaban J connectivity index is 2.25. The Morgan fingerprint density at radius 2 is 1.95 bits per heavy atom. The van der Waals surface area contributed by atoms with Gasteiger partial charge in [0.25, 0.3) is 0 Å². The Hall–Kier alpha value is -1.09. The van der Waals surface area contributed by atoms with Gasteiger partial charge in [-0.05, 0) is 48.2 Å². The van der Waals surface area contributed by atoms with Gasteiger partial charge in [0.15, 0.2) is 0 Å². The molecule has 2 aromatic rings. The molecule has 0 spiro atoms. The summed E-state index contributed by atoms with van der Waals surface area (Å²) in [4.78, 5) is 0. The number of hydrogen-bond acceptors (Lipinski definition) is 1. The van der Waals surface area contributed by atoms with Gasteiger partial charge in [-0.2, -0.15) is 0 Å². The van der Waals surface area contributed by atoms with Gasteiger partial charge in [0.2, 0.25) is 0 Å². The Morgan fingerprint density at radius 1 is 1.21 bits per heavy atom. The Morgan fingerprint density at radius 3 is 2.63 bits per heavy atom. The Labute approximate surface area is 122 Å². The number of aryl methyl sites for hydroxylation is 1.